The molecule has 2 fully saturated rings. The lowest BCUT2D eigenvalue weighted by Gasteiger charge is -2.36. The molecule has 1 heterocycles. The first-order valence-corrected chi connectivity index (χ1v) is 5.68. The van der Waals surface area contributed by atoms with Crippen molar-refractivity contribution in [3.05, 3.63) is 0 Å². The average molecular weight is 214 g/mol. The first kappa shape index (κ1) is 10.0. The molecule has 3 nitrogen and oxygen atoms in total. The van der Waals surface area contributed by atoms with Gasteiger partial charge in [0.2, 0.25) is 0 Å². The lowest BCUT2D eigenvalue weighted by Crippen LogP contribution is -2.51. The molecular formula is C10H14O3S. The molecular weight excluding hydrogens is 200 g/mol. The van der Waals surface area contributed by atoms with Gasteiger partial charge in [0, 0.05) is 21.8 Å². The fraction of sp³-hybridized carbons (Fsp3) is 0.800. The molecule has 0 aromatic heterocycles. The fourth-order valence-electron chi connectivity index (χ4n) is 2.66. The second-order valence-electron chi connectivity index (χ2n) is 4.72. The van der Waals surface area contributed by atoms with E-state index in [1.165, 1.54) is 0 Å². The minimum absolute atomic E-state index is 0.0497. The van der Waals surface area contributed by atoms with E-state index < -0.39 is 11.9 Å². The molecule has 2 unspecified atom stereocenters. The molecule has 1 N–H and O–H groups in total. The summed E-state index contributed by atoms with van der Waals surface area (Å²) in [6.07, 6.45) is 0. The molecule has 0 bridgehead atoms. The molecule has 2 rings (SSSR count). The molecule has 1 aliphatic carbocycles. The minimum atomic E-state index is -0.824. The molecule has 1 aliphatic heterocycles. The largest absolute Gasteiger partial charge is 0.481 e. The Morgan fingerprint density at radius 3 is 2.57 bits per heavy atom. The van der Waals surface area contributed by atoms with Crippen LogP contribution in [-0.4, -0.2) is 26.9 Å². The maximum absolute atomic E-state index is 11.6. The van der Waals surface area contributed by atoms with Gasteiger partial charge in [-0.3, -0.25) is 9.59 Å². The van der Waals surface area contributed by atoms with Crippen molar-refractivity contribution < 1.29 is 14.7 Å². The molecule has 1 saturated carbocycles. The van der Waals surface area contributed by atoms with Gasteiger partial charge in [0.15, 0.2) is 0 Å². The highest BCUT2D eigenvalue weighted by Gasteiger charge is 2.64. The van der Waals surface area contributed by atoms with Crippen LogP contribution in [0, 0.1) is 17.8 Å². The lowest BCUT2D eigenvalue weighted by molar-refractivity contribution is -0.152. The van der Waals surface area contributed by atoms with Crippen molar-refractivity contribution in [1.29, 1.82) is 0 Å². The van der Waals surface area contributed by atoms with Gasteiger partial charge in [-0.05, 0) is 13.8 Å². The fourth-order valence-corrected chi connectivity index (χ4v) is 4.53. The number of carboxylic acid groups (broad SMARTS) is 1. The Morgan fingerprint density at radius 2 is 2.07 bits per heavy atom. The third kappa shape index (κ3) is 1.06. The molecule has 0 spiro atoms. The van der Waals surface area contributed by atoms with E-state index in [4.69, 9.17) is 5.11 Å². The summed E-state index contributed by atoms with van der Waals surface area (Å²) in [5, 5.41) is 9.34. The number of Topliss-reactive ketones (excluding diaryl/α,β-unsaturated/α-hetero) is 1. The topological polar surface area (TPSA) is 54.4 Å². The Morgan fingerprint density at radius 1 is 1.50 bits per heavy atom. The van der Waals surface area contributed by atoms with Crippen molar-refractivity contribution in [2.75, 3.05) is 0 Å². The number of hydrogen-bond donors (Lipinski definition) is 1. The highest BCUT2D eigenvalue weighted by molar-refractivity contribution is 8.01. The van der Waals surface area contributed by atoms with Crippen LogP contribution in [0.15, 0.2) is 0 Å². The van der Waals surface area contributed by atoms with Crippen LogP contribution in [0.2, 0.25) is 0 Å². The number of carboxylic acids is 1. The number of aliphatic carboxylic acids is 1. The SMILES string of the molecule is C[C@@H]1C(=O)C2C(C(=O)O)C(C)(C)S[C@@H]21. The van der Waals surface area contributed by atoms with Crippen LogP contribution in [0.25, 0.3) is 0 Å². The Labute approximate surface area is 87.3 Å². The van der Waals surface area contributed by atoms with Gasteiger partial charge in [0.05, 0.1) is 5.92 Å². The lowest BCUT2D eigenvalue weighted by atomic mass is 9.65. The first-order chi connectivity index (χ1) is 6.36. The summed E-state index contributed by atoms with van der Waals surface area (Å²) in [6.45, 7) is 5.75. The normalized spacial score (nSPS) is 44.4. The van der Waals surface area contributed by atoms with Gasteiger partial charge in [-0.2, -0.15) is 0 Å². The van der Waals surface area contributed by atoms with Gasteiger partial charge in [0.1, 0.15) is 5.78 Å². The molecule has 0 amide bonds. The molecule has 1 saturated heterocycles. The van der Waals surface area contributed by atoms with Gasteiger partial charge in [0.25, 0.3) is 0 Å². The second-order valence-corrected chi connectivity index (χ2v) is 6.55. The number of thioether (sulfide) groups is 1. The van der Waals surface area contributed by atoms with Crippen molar-refractivity contribution in [1.82, 2.24) is 0 Å². The number of ketones is 1. The van der Waals surface area contributed by atoms with E-state index in [2.05, 4.69) is 0 Å². The molecule has 4 atom stereocenters. The first-order valence-electron chi connectivity index (χ1n) is 4.80. The predicted octanol–water partition coefficient (Wildman–Crippen LogP) is 1.42. The number of fused-ring (bicyclic) bond motifs is 1. The van der Waals surface area contributed by atoms with Crippen molar-refractivity contribution in [3.63, 3.8) is 0 Å². The maximum Gasteiger partial charge on any atom is 0.308 e. The minimum Gasteiger partial charge on any atom is -0.481 e. The van der Waals surface area contributed by atoms with Crippen LogP contribution in [0.4, 0.5) is 0 Å². The van der Waals surface area contributed by atoms with E-state index in [1.807, 2.05) is 20.8 Å². The molecule has 0 aromatic carbocycles. The summed E-state index contributed by atoms with van der Waals surface area (Å²) in [5.41, 5.74) is 0. The van der Waals surface area contributed by atoms with Crippen LogP contribution < -0.4 is 0 Å². The average Bonchev–Trinajstić information content (AvgIpc) is 2.34. The van der Waals surface area contributed by atoms with E-state index in [0.717, 1.165) is 0 Å². The molecule has 4 heteroatoms. The van der Waals surface area contributed by atoms with E-state index >= 15 is 0 Å². The Kier molecular flexibility index (Phi) is 1.97. The van der Waals surface area contributed by atoms with Crippen LogP contribution in [0.1, 0.15) is 20.8 Å². The third-order valence-electron chi connectivity index (χ3n) is 3.44. The zero-order valence-electron chi connectivity index (χ0n) is 8.48. The van der Waals surface area contributed by atoms with E-state index in [1.54, 1.807) is 11.8 Å². The highest BCUT2D eigenvalue weighted by Crippen LogP contribution is 2.59. The molecule has 2 aliphatic rings. The number of carbonyl (C=O) groups excluding carboxylic acids is 1. The van der Waals surface area contributed by atoms with Gasteiger partial charge >= 0.3 is 5.97 Å². The smallest absolute Gasteiger partial charge is 0.308 e. The van der Waals surface area contributed by atoms with E-state index in [9.17, 15) is 9.59 Å². The summed E-state index contributed by atoms with van der Waals surface area (Å²) >= 11 is 1.66. The van der Waals surface area contributed by atoms with Crippen LogP contribution in [0.3, 0.4) is 0 Å². The monoisotopic (exact) mass is 214 g/mol. The van der Waals surface area contributed by atoms with Crippen molar-refractivity contribution in [2.24, 2.45) is 17.8 Å². The standard InChI is InChI=1S/C10H14O3S/c1-4-7(11)5-6(9(12)13)10(2,3)14-8(4)5/h4-6,8H,1-3H3,(H,12,13)/t4-,5?,6?,8-/m1/s1. The van der Waals surface area contributed by atoms with Crippen LogP contribution >= 0.6 is 11.8 Å². The molecule has 0 radical (unpaired) electrons. The molecule has 78 valence electrons. The second kappa shape index (κ2) is 2.75. The zero-order chi connectivity index (χ0) is 10.7. The van der Waals surface area contributed by atoms with Gasteiger partial charge in [-0.1, -0.05) is 6.92 Å². The summed E-state index contributed by atoms with van der Waals surface area (Å²) in [6, 6.07) is 0. The predicted molar refractivity (Wildman–Crippen MR) is 54.2 cm³/mol. The van der Waals surface area contributed by atoms with Gasteiger partial charge in [-0.15, -0.1) is 11.8 Å². The number of hydrogen-bond acceptors (Lipinski definition) is 3. The van der Waals surface area contributed by atoms with Gasteiger partial charge in [-0.25, -0.2) is 0 Å². The number of carbonyl (C=O) groups is 2. The molecule has 0 aromatic rings. The van der Waals surface area contributed by atoms with Crippen molar-refractivity contribution in [2.45, 2.75) is 30.8 Å². The van der Waals surface area contributed by atoms with E-state index in [0.29, 0.717) is 0 Å². The summed E-state index contributed by atoms with van der Waals surface area (Å²) in [7, 11) is 0. The van der Waals surface area contributed by atoms with Crippen molar-refractivity contribution in [3.8, 4) is 0 Å². The third-order valence-corrected chi connectivity index (χ3v) is 5.27. The molecule has 14 heavy (non-hydrogen) atoms. The van der Waals surface area contributed by atoms with E-state index in [-0.39, 0.29) is 27.6 Å². The van der Waals surface area contributed by atoms with Crippen LogP contribution in [0.5, 0.6) is 0 Å². The quantitative estimate of drug-likeness (QED) is 0.717. The Balaban J connectivity index is 2.32. The summed E-state index contributed by atoms with van der Waals surface area (Å²) in [5.74, 6) is -1.37. The number of rotatable bonds is 1. The summed E-state index contributed by atoms with van der Waals surface area (Å²) in [4.78, 5) is 22.7. The van der Waals surface area contributed by atoms with Crippen molar-refractivity contribution >= 4 is 23.5 Å². The van der Waals surface area contributed by atoms with Gasteiger partial charge < -0.3 is 5.11 Å². The maximum atomic E-state index is 11.6. The zero-order valence-corrected chi connectivity index (χ0v) is 9.30. The van der Waals surface area contributed by atoms with Crippen LogP contribution in [-0.2, 0) is 9.59 Å². The highest BCUT2D eigenvalue weighted by atomic mass is 32.2. The Hall–Kier alpha value is -0.510. The summed E-state index contributed by atoms with van der Waals surface area (Å²) < 4.78 is -0.304. The Bertz CT molecular complexity index is 310.